The number of rotatable bonds is 8. The first-order chi connectivity index (χ1) is 14.5. The SMILES string of the molecule is CC(C)C(=O)c1ncc(C2CC3(CNC3)C2)cc1NC(=O)CNCc1ccncn1.[HH].[HH].[HH]. The lowest BCUT2D eigenvalue weighted by molar-refractivity contribution is -0.115. The topological polar surface area (TPSA) is 109 Å². The third kappa shape index (κ3) is 4.39. The van der Waals surface area contributed by atoms with Crippen LogP contribution in [0.5, 0.6) is 0 Å². The Bertz CT molecular complexity index is 933. The molecule has 1 saturated carbocycles. The number of nitrogens with one attached hydrogen (secondary N) is 3. The van der Waals surface area contributed by atoms with Gasteiger partial charge < -0.3 is 16.0 Å². The van der Waals surface area contributed by atoms with Crippen LogP contribution in [0.4, 0.5) is 5.69 Å². The van der Waals surface area contributed by atoms with Gasteiger partial charge in [0.1, 0.15) is 12.0 Å². The smallest absolute Gasteiger partial charge is 0.238 e. The number of nitrogens with zero attached hydrogens (tertiary/aromatic N) is 3. The van der Waals surface area contributed by atoms with E-state index in [1.165, 1.54) is 6.33 Å². The summed E-state index contributed by atoms with van der Waals surface area (Å²) in [6.07, 6.45) is 7.21. The van der Waals surface area contributed by atoms with E-state index in [1.807, 2.05) is 26.1 Å². The largest absolute Gasteiger partial charge is 0.323 e. The molecule has 0 bridgehead atoms. The highest BCUT2D eigenvalue weighted by molar-refractivity contribution is 6.04. The quantitative estimate of drug-likeness (QED) is 0.570. The molecule has 0 unspecified atom stereocenters. The molecule has 2 aromatic heterocycles. The molecule has 2 fully saturated rings. The van der Waals surface area contributed by atoms with Crippen molar-refractivity contribution < 1.29 is 13.9 Å². The Balaban J connectivity index is 0.00000181. The molecule has 0 atom stereocenters. The third-order valence-corrected chi connectivity index (χ3v) is 6.01. The van der Waals surface area contributed by atoms with Gasteiger partial charge in [0.05, 0.1) is 17.9 Å². The average Bonchev–Trinajstić information content (AvgIpc) is 2.66. The Morgan fingerprint density at radius 2 is 2.10 bits per heavy atom. The zero-order valence-corrected chi connectivity index (χ0v) is 17.4. The average molecular weight is 415 g/mol. The molecule has 0 radical (unpaired) electrons. The maximum Gasteiger partial charge on any atom is 0.238 e. The second-order valence-corrected chi connectivity index (χ2v) is 8.74. The molecule has 1 amide bonds. The number of pyridine rings is 1. The summed E-state index contributed by atoms with van der Waals surface area (Å²) in [5.74, 6) is -0.0367. The summed E-state index contributed by atoms with van der Waals surface area (Å²) < 4.78 is 0. The second kappa shape index (κ2) is 8.57. The number of Topliss-reactive ketones (excluding diaryl/α,β-unsaturated/α-hetero) is 1. The molecule has 3 heterocycles. The van der Waals surface area contributed by atoms with Crippen molar-refractivity contribution in [3.05, 3.63) is 47.8 Å². The van der Waals surface area contributed by atoms with Crippen molar-refractivity contribution in [2.45, 2.75) is 39.2 Å². The van der Waals surface area contributed by atoms with E-state index < -0.39 is 0 Å². The van der Waals surface area contributed by atoms with Gasteiger partial charge >= 0.3 is 0 Å². The first-order valence-electron chi connectivity index (χ1n) is 10.5. The first kappa shape index (κ1) is 20.6. The molecule has 2 aromatic rings. The third-order valence-electron chi connectivity index (χ3n) is 6.01. The van der Waals surface area contributed by atoms with Gasteiger partial charge in [-0.3, -0.25) is 14.6 Å². The monoisotopic (exact) mass is 414 g/mol. The number of carbonyl (C=O) groups excluding carboxylic acids is 2. The van der Waals surface area contributed by atoms with E-state index in [9.17, 15) is 9.59 Å². The summed E-state index contributed by atoms with van der Waals surface area (Å²) in [5.41, 5.74) is 3.19. The molecule has 4 rings (SSSR count). The van der Waals surface area contributed by atoms with Crippen LogP contribution >= 0.6 is 0 Å². The summed E-state index contributed by atoms with van der Waals surface area (Å²) in [7, 11) is 0. The molecule has 1 aliphatic carbocycles. The van der Waals surface area contributed by atoms with Gasteiger partial charge in [0.25, 0.3) is 0 Å². The van der Waals surface area contributed by atoms with Gasteiger partial charge in [0.15, 0.2) is 5.78 Å². The number of aromatic nitrogens is 3. The van der Waals surface area contributed by atoms with Gasteiger partial charge in [0.2, 0.25) is 5.91 Å². The van der Waals surface area contributed by atoms with Gasteiger partial charge in [-0.05, 0) is 41.9 Å². The maximum absolute atomic E-state index is 12.6. The Morgan fingerprint density at radius 1 is 1.30 bits per heavy atom. The molecular formula is C22H34N6O2. The summed E-state index contributed by atoms with van der Waals surface area (Å²) in [6.45, 7) is 6.43. The van der Waals surface area contributed by atoms with E-state index in [1.54, 1.807) is 12.3 Å². The van der Waals surface area contributed by atoms with Crippen LogP contribution in [-0.4, -0.2) is 46.3 Å². The Kier molecular flexibility index (Phi) is 5.87. The van der Waals surface area contributed by atoms with Crippen LogP contribution in [0.1, 0.15) is 58.6 Å². The van der Waals surface area contributed by atoms with Crippen molar-refractivity contribution in [1.29, 1.82) is 0 Å². The van der Waals surface area contributed by atoms with E-state index in [4.69, 9.17) is 0 Å². The molecule has 3 N–H and O–H groups in total. The highest BCUT2D eigenvalue weighted by atomic mass is 16.2. The molecule has 164 valence electrons. The molecule has 8 heteroatoms. The Labute approximate surface area is 180 Å². The van der Waals surface area contributed by atoms with E-state index >= 15 is 0 Å². The van der Waals surface area contributed by atoms with E-state index in [2.05, 4.69) is 30.9 Å². The fourth-order valence-corrected chi connectivity index (χ4v) is 4.18. The minimum Gasteiger partial charge on any atom is -0.323 e. The number of hydrogen-bond acceptors (Lipinski definition) is 7. The van der Waals surface area contributed by atoms with Crippen molar-refractivity contribution in [2.24, 2.45) is 11.3 Å². The van der Waals surface area contributed by atoms with Crippen LogP contribution in [-0.2, 0) is 11.3 Å². The Hall–Kier alpha value is -2.71. The van der Waals surface area contributed by atoms with Crippen molar-refractivity contribution in [1.82, 2.24) is 25.6 Å². The lowest BCUT2D eigenvalue weighted by Crippen LogP contribution is -2.59. The van der Waals surface area contributed by atoms with E-state index in [-0.39, 0.29) is 28.4 Å². The van der Waals surface area contributed by atoms with Crippen LogP contribution in [0, 0.1) is 11.3 Å². The highest BCUT2D eigenvalue weighted by Gasteiger charge is 2.48. The fourth-order valence-electron chi connectivity index (χ4n) is 4.18. The molecule has 2 aliphatic rings. The van der Waals surface area contributed by atoms with E-state index in [0.29, 0.717) is 29.3 Å². The van der Waals surface area contributed by atoms with Crippen LogP contribution in [0.25, 0.3) is 0 Å². The summed E-state index contributed by atoms with van der Waals surface area (Å²) in [6, 6.07) is 3.73. The van der Waals surface area contributed by atoms with Crippen LogP contribution < -0.4 is 16.0 Å². The van der Waals surface area contributed by atoms with Gasteiger partial charge in [-0.1, -0.05) is 13.8 Å². The molecule has 1 saturated heterocycles. The predicted octanol–water partition coefficient (Wildman–Crippen LogP) is 2.64. The maximum atomic E-state index is 12.6. The van der Waals surface area contributed by atoms with Crippen LogP contribution in [0.3, 0.4) is 0 Å². The van der Waals surface area contributed by atoms with Crippen LogP contribution in [0.2, 0.25) is 0 Å². The van der Waals surface area contributed by atoms with Crippen molar-refractivity contribution in [3.8, 4) is 0 Å². The Morgan fingerprint density at radius 3 is 2.73 bits per heavy atom. The van der Waals surface area contributed by atoms with Crippen LogP contribution in [0.15, 0.2) is 30.9 Å². The zero-order valence-electron chi connectivity index (χ0n) is 17.4. The van der Waals surface area contributed by atoms with Gasteiger partial charge in [-0.15, -0.1) is 0 Å². The number of anilines is 1. The summed E-state index contributed by atoms with van der Waals surface area (Å²) in [4.78, 5) is 37.6. The molecule has 1 aliphatic heterocycles. The normalized spacial score (nSPS) is 17.4. The molecule has 8 nitrogen and oxygen atoms in total. The lowest BCUT2D eigenvalue weighted by atomic mass is 9.57. The van der Waals surface area contributed by atoms with Gasteiger partial charge in [0, 0.05) is 42.2 Å². The molecule has 0 aromatic carbocycles. The fraction of sp³-hybridized carbons (Fsp3) is 0.500. The number of ketones is 1. The zero-order chi connectivity index (χ0) is 21.1. The predicted molar refractivity (Wildman–Crippen MR) is 119 cm³/mol. The molecule has 1 spiro atoms. The van der Waals surface area contributed by atoms with Gasteiger partial charge in [-0.25, -0.2) is 9.97 Å². The summed E-state index contributed by atoms with van der Waals surface area (Å²) in [5, 5.41) is 9.31. The van der Waals surface area contributed by atoms with E-state index in [0.717, 1.165) is 37.2 Å². The van der Waals surface area contributed by atoms with Crippen molar-refractivity contribution >= 4 is 17.4 Å². The first-order valence-corrected chi connectivity index (χ1v) is 10.5. The minimum absolute atomic E-state index is 0. The summed E-state index contributed by atoms with van der Waals surface area (Å²) >= 11 is 0. The highest BCUT2D eigenvalue weighted by Crippen LogP contribution is 2.53. The molecular weight excluding hydrogens is 380 g/mol. The standard InChI is InChI=1S/C22H28N6O2.3H2/c1-14(2)21(30)20-18(28-19(29)10-24-9-17-3-4-23-13-27-17)5-15(8-26-20)16-6-22(7-16)11-25-12-22;;;/h3-5,8,13-14,16,24-25H,6-7,9-12H2,1-2H3,(H,28,29);3*1H. The van der Waals surface area contributed by atoms with Crippen molar-refractivity contribution in [3.63, 3.8) is 0 Å². The number of amides is 1. The number of carbonyl (C=O) groups is 2. The van der Waals surface area contributed by atoms with Gasteiger partial charge in [-0.2, -0.15) is 0 Å². The second-order valence-electron chi connectivity index (χ2n) is 8.74. The minimum atomic E-state index is -0.214. The molecule has 30 heavy (non-hydrogen) atoms. The lowest BCUT2D eigenvalue weighted by Gasteiger charge is -2.54. The number of hydrogen-bond donors (Lipinski definition) is 3. The van der Waals surface area contributed by atoms with Crippen molar-refractivity contribution in [2.75, 3.05) is 25.0 Å².